The quantitative estimate of drug-likeness (QED) is 0.599. The number of unbranched alkanes of at least 4 members (excludes halogenated alkanes) is 1. The molecule has 0 heterocycles. The Balaban J connectivity index is 1.51. The molecule has 2 heteroatoms. The summed E-state index contributed by atoms with van der Waals surface area (Å²) >= 11 is 0. The molecule has 122 valence electrons. The molecule has 2 fully saturated rings. The summed E-state index contributed by atoms with van der Waals surface area (Å²) in [5.74, 6) is 8.19. The molecule has 1 aromatic rings. The molecule has 2 aliphatic carbocycles. The molecule has 0 aromatic heterocycles. The third-order valence-electron chi connectivity index (χ3n) is 5.34. The van der Waals surface area contributed by atoms with E-state index in [0.29, 0.717) is 17.1 Å². The van der Waals surface area contributed by atoms with E-state index >= 15 is 0 Å². The van der Waals surface area contributed by atoms with Gasteiger partial charge in [0.05, 0.1) is 7.11 Å². The number of ether oxygens (including phenoxy) is 1. The summed E-state index contributed by atoms with van der Waals surface area (Å²) in [4.78, 5) is 12.2. The first-order valence-corrected chi connectivity index (χ1v) is 8.60. The normalized spacial score (nSPS) is 27.6. The van der Waals surface area contributed by atoms with Crippen LogP contribution in [0.15, 0.2) is 24.3 Å². The van der Waals surface area contributed by atoms with E-state index in [9.17, 15) is 4.79 Å². The standard InChI is InChI=1S/C21H26O2/c1-20(2)14-19(22)18-13-21(18,15-20)11-6-4-5-8-16-9-7-10-17(12-16)23-3/h7,9-10,12,18H,4,6,11,13-15H2,1-3H3/t18-,21-/m1/s1. The van der Waals surface area contributed by atoms with Crippen molar-refractivity contribution in [1.82, 2.24) is 0 Å². The van der Waals surface area contributed by atoms with Gasteiger partial charge in [-0.25, -0.2) is 0 Å². The minimum atomic E-state index is 0.191. The molecule has 0 amide bonds. The number of carbonyl (C=O) groups excluding carboxylic acids is 1. The van der Waals surface area contributed by atoms with Crippen LogP contribution in [0.5, 0.6) is 5.75 Å². The summed E-state index contributed by atoms with van der Waals surface area (Å²) in [6.07, 6.45) is 6.25. The Morgan fingerprint density at radius 2 is 2.17 bits per heavy atom. The van der Waals surface area contributed by atoms with Crippen molar-refractivity contribution in [3.8, 4) is 17.6 Å². The summed E-state index contributed by atoms with van der Waals surface area (Å²) in [6, 6.07) is 7.87. The molecule has 2 aliphatic rings. The van der Waals surface area contributed by atoms with Crippen LogP contribution in [-0.2, 0) is 4.79 Å². The molecule has 3 rings (SSSR count). The van der Waals surface area contributed by atoms with Gasteiger partial charge in [-0.2, -0.15) is 0 Å². The number of ketones is 1. The number of hydrogen-bond acceptors (Lipinski definition) is 2. The maximum absolute atomic E-state index is 12.2. The highest BCUT2D eigenvalue weighted by Gasteiger charge is 2.61. The Bertz CT molecular complexity index is 662. The van der Waals surface area contributed by atoms with Crippen molar-refractivity contribution in [3.05, 3.63) is 29.8 Å². The van der Waals surface area contributed by atoms with Gasteiger partial charge in [0.2, 0.25) is 0 Å². The molecule has 0 bridgehead atoms. The number of benzene rings is 1. The molecule has 1 aromatic carbocycles. The van der Waals surface area contributed by atoms with Crippen molar-refractivity contribution in [2.24, 2.45) is 16.7 Å². The first kappa shape index (κ1) is 16.1. The van der Waals surface area contributed by atoms with Crippen LogP contribution in [0.25, 0.3) is 0 Å². The molecule has 0 radical (unpaired) electrons. The highest BCUT2D eigenvalue weighted by atomic mass is 16.5. The largest absolute Gasteiger partial charge is 0.497 e. The van der Waals surface area contributed by atoms with Gasteiger partial charge in [-0.3, -0.25) is 4.79 Å². The molecule has 0 N–H and O–H groups in total. The van der Waals surface area contributed by atoms with Crippen LogP contribution in [0.1, 0.15) is 57.9 Å². The van der Waals surface area contributed by atoms with E-state index < -0.39 is 0 Å². The van der Waals surface area contributed by atoms with Crippen molar-refractivity contribution in [1.29, 1.82) is 0 Å². The summed E-state index contributed by atoms with van der Waals surface area (Å²) in [5, 5.41) is 0. The van der Waals surface area contributed by atoms with Gasteiger partial charge in [0, 0.05) is 24.3 Å². The lowest BCUT2D eigenvalue weighted by Gasteiger charge is -2.34. The second-order valence-corrected chi connectivity index (χ2v) is 7.99. The number of methoxy groups -OCH3 is 1. The van der Waals surface area contributed by atoms with Crippen LogP contribution in [-0.4, -0.2) is 12.9 Å². The fourth-order valence-electron chi connectivity index (χ4n) is 4.37. The Morgan fingerprint density at radius 3 is 2.96 bits per heavy atom. The Labute approximate surface area is 139 Å². The predicted octanol–water partition coefficient (Wildman–Crippen LogP) is 4.61. The van der Waals surface area contributed by atoms with Gasteiger partial charge in [0.15, 0.2) is 0 Å². The van der Waals surface area contributed by atoms with E-state index in [1.165, 1.54) is 6.42 Å². The Hall–Kier alpha value is -1.75. The second kappa shape index (κ2) is 6.04. The zero-order chi connectivity index (χ0) is 16.5. The van der Waals surface area contributed by atoms with Crippen LogP contribution in [0.3, 0.4) is 0 Å². The summed E-state index contributed by atoms with van der Waals surface area (Å²) in [5.41, 5.74) is 1.51. The van der Waals surface area contributed by atoms with Crippen LogP contribution in [0.4, 0.5) is 0 Å². The minimum Gasteiger partial charge on any atom is -0.497 e. The Kier molecular flexibility index (Phi) is 4.23. The molecule has 0 aliphatic heterocycles. The van der Waals surface area contributed by atoms with Crippen molar-refractivity contribution in [3.63, 3.8) is 0 Å². The van der Waals surface area contributed by atoms with Gasteiger partial charge >= 0.3 is 0 Å². The van der Waals surface area contributed by atoms with Crippen LogP contribution in [0, 0.1) is 28.6 Å². The van der Waals surface area contributed by atoms with Crippen LogP contribution < -0.4 is 4.74 Å². The molecule has 23 heavy (non-hydrogen) atoms. The van der Waals surface area contributed by atoms with Gasteiger partial charge < -0.3 is 4.74 Å². The first-order chi connectivity index (χ1) is 10.9. The minimum absolute atomic E-state index is 0.191. The van der Waals surface area contributed by atoms with Crippen molar-refractivity contribution in [2.75, 3.05) is 7.11 Å². The fraction of sp³-hybridized carbons (Fsp3) is 0.571. The number of fused-ring (bicyclic) bond motifs is 1. The maximum atomic E-state index is 12.2. The van der Waals surface area contributed by atoms with Crippen LogP contribution >= 0.6 is 0 Å². The molecule has 0 spiro atoms. The average molecular weight is 310 g/mol. The van der Waals surface area contributed by atoms with Gasteiger partial charge in [-0.1, -0.05) is 31.8 Å². The van der Waals surface area contributed by atoms with E-state index in [1.807, 2.05) is 24.3 Å². The number of hydrogen-bond donors (Lipinski definition) is 0. The van der Waals surface area contributed by atoms with Gasteiger partial charge in [-0.05, 0) is 54.7 Å². The zero-order valence-electron chi connectivity index (χ0n) is 14.4. The van der Waals surface area contributed by atoms with Crippen LogP contribution in [0.2, 0.25) is 0 Å². The van der Waals surface area contributed by atoms with Crippen molar-refractivity contribution >= 4 is 5.78 Å². The fourth-order valence-corrected chi connectivity index (χ4v) is 4.37. The lowest BCUT2D eigenvalue weighted by Crippen LogP contribution is -2.30. The molecule has 2 nitrogen and oxygen atoms in total. The SMILES string of the molecule is COc1cccc(C#CCCC[C@]23C[C@@H]2C(=O)CC(C)(C)C3)c1. The monoisotopic (exact) mass is 310 g/mol. The van der Waals surface area contributed by atoms with Crippen molar-refractivity contribution < 1.29 is 9.53 Å². The first-order valence-electron chi connectivity index (χ1n) is 8.60. The third-order valence-corrected chi connectivity index (χ3v) is 5.34. The third kappa shape index (κ3) is 3.61. The maximum Gasteiger partial charge on any atom is 0.137 e. The van der Waals surface area contributed by atoms with E-state index in [0.717, 1.165) is 43.4 Å². The average Bonchev–Trinajstić information content (AvgIpc) is 3.20. The van der Waals surface area contributed by atoms with Gasteiger partial charge in [0.1, 0.15) is 11.5 Å². The van der Waals surface area contributed by atoms with E-state index in [1.54, 1.807) is 7.11 Å². The van der Waals surface area contributed by atoms with E-state index in [-0.39, 0.29) is 5.41 Å². The number of carbonyl (C=O) groups is 1. The predicted molar refractivity (Wildman–Crippen MR) is 92.3 cm³/mol. The van der Waals surface area contributed by atoms with E-state index in [4.69, 9.17) is 4.74 Å². The second-order valence-electron chi connectivity index (χ2n) is 7.99. The number of Topliss-reactive ketones (excluding diaryl/α,β-unsaturated/α-hetero) is 1. The smallest absolute Gasteiger partial charge is 0.137 e. The Morgan fingerprint density at radius 1 is 1.35 bits per heavy atom. The van der Waals surface area contributed by atoms with Gasteiger partial charge in [-0.15, -0.1) is 0 Å². The molecule has 2 saturated carbocycles. The summed E-state index contributed by atoms with van der Waals surface area (Å²) in [6.45, 7) is 4.48. The molecule has 0 unspecified atom stereocenters. The van der Waals surface area contributed by atoms with E-state index in [2.05, 4.69) is 25.7 Å². The molecule has 2 atom stereocenters. The lowest BCUT2D eigenvalue weighted by molar-refractivity contribution is -0.125. The summed E-state index contributed by atoms with van der Waals surface area (Å²) in [7, 11) is 1.67. The molecule has 0 saturated heterocycles. The summed E-state index contributed by atoms with van der Waals surface area (Å²) < 4.78 is 5.21. The highest BCUT2D eigenvalue weighted by molar-refractivity contribution is 5.86. The number of rotatable bonds is 4. The molecular formula is C21H26O2. The lowest BCUT2D eigenvalue weighted by atomic mass is 9.70. The van der Waals surface area contributed by atoms with Gasteiger partial charge in [0.25, 0.3) is 0 Å². The zero-order valence-corrected chi connectivity index (χ0v) is 14.4. The topological polar surface area (TPSA) is 26.3 Å². The highest BCUT2D eigenvalue weighted by Crippen LogP contribution is 2.66. The molecular weight excluding hydrogens is 284 g/mol. The van der Waals surface area contributed by atoms with Crippen molar-refractivity contribution in [2.45, 2.75) is 52.4 Å².